The Labute approximate surface area is 167 Å². The molecule has 0 radical (unpaired) electrons. The Morgan fingerprint density at radius 3 is 2.19 bits per heavy atom. The number of nitrogens with two attached hydrogens (primary N) is 1. The summed E-state index contributed by atoms with van der Waals surface area (Å²) in [5.74, 6) is 0.324. The standard InChI is InChI=1S/C21H17N3O2.Al.3H/c22-16-7-3-14(4-8-16)15-5-9-17(10-6-15)24-19-11-12-20(26-25)21-18(19)2-1-13-23-21;;;;/h1-13,24-25H,22H2;;;;. The normalized spacial score (nSPS) is 10.3. The number of anilines is 3. The fraction of sp³-hybridized carbons (Fsp3) is 0. The minimum absolute atomic E-state index is 0. The highest BCUT2D eigenvalue weighted by atomic mass is 27.0. The molecule has 0 amide bonds. The molecule has 4 rings (SSSR count). The van der Waals surface area contributed by atoms with E-state index in [1.54, 1.807) is 12.3 Å². The van der Waals surface area contributed by atoms with Crippen molar-refractivity contribution in [2.45, 2.75) is 0 Å². The Morgan fingerprint density at radius 2 is 1.52 bits per heavy atom. The van der Waals surface area contributed by atoms with E-state index in [1.165, 1.54) is 0 Å². The summed E-state index contributed by atoms with van der Waals surface area (Å²) in [5.41, 5.74) is 11.2. The van der Waals surface area contributed by atoms with Crippen LogP contribution in [0.25, 0.3) is 22.0 Å². The van der Waals surface area contributed by atoms with E-state index in [4.69, 9.17) is 11.0 Å². The molecule has 1 aromatic heterocycles. The topological polar surface area (TPSA) is 80.4 Å². The number of nitrogen functional groups attached to an aromatic ring is 1. The minimum Gasteiger partial charge on any atom is -0.399 e. The second-order valence-corrected chi connectivity index (χ2v) is 5.93. The average molecular weight is 373 g/mol. The lowest BCUT2D eigenvalue weighted by atomic mass is 10.0. The van der Waals surface area contributed by atoms with Crippen molar-refractivity contribution in [3.63, 3.8) is 0 Å². The summed E-state index contributed by atoms with van der Waals surface area (Å²) in [6.45, 7) is 0. The van der Waals surface area contributed by atoms with Gasteiger partial charge in [0.25, 0.3) is 0 Å². The van der Waals surface area contributed by atoms with E-state index in [-0.39, 0.29) is 17.4 Å². The predicted octanol–water partition coefficient (Wildman–Crippen LogP) is 3.90. The van der Waals surface area contributed by atoms with E-state index in [0.717, 1.165) is 33.6 Å². The Balaban J connectivity index is 0.00000210. The average Bonchev–Trinajstić information content (AvgIpc) is 2.69. The molecule has 4 aromatic rings. The molecular weight excluding hydrogens is 353 g/mol. The van der Waals surface area contributed by atoms with Gasteiger partial charge in [0.05, 0.1) is 0 Å². The summed E-state index contributed by atoms with van der Waals surface area (Å²) >= 11 is 0. The maximum atomic E-state index is 9.00. The molecule has 0 aliphatic carbocycles. The van der Waals surface area contributed by atoms with Crippen molar-refractivity contribution in [1.29, 1.82) is 0 Å². The van der Waals surface area contributed by atoms with Gasteiger partial charge in [-0.3, -0.25) is 4.98 Å². The summed E-state index contributed by atoms with van der Waals surface area (Å²) in [7, 11) is 0. The smallest absolute Gasteiger partial charge is 0.191 e. The molecule has 0 aliphatic rings. The van der Waals surface area contributed by atoms with E-state index in [0.29, 0.717) is 11.3 Å². The molecule has 0 saturated carbocycles. The van der Waals surface area contributed by atoms with Crippen LogP contribution < -0.4 is 15.9 Å². The molecule has 0 saturated heterocycles. The van der Waals surface area contributed by atoms with Crippen molar-refractivity contribution in [1.82, 2.24) is 4.98 Å². The zero-order valence-corrected chi connectivity index (χ0v) is 13.9. The van der Waals surface area contributed by atoms with Gasteiger partial charge < -0.3 is 15.9 Å². The van der Waals surface area contributed by atoms with Crippen LogP contribution in [-0.2, 0) is 0 Å². The summed E-state index contributed by atoms with van der Waals surface area (Å²) in [6.07, 6.45) is 1.66. The van der Waals surface area contributed by atoms with Gasteiger partial charge in [-0.25, -0.2) is 5.26 Å². The zero-order valence-electron chi connectivity index (χ0n) is 13.9. The molecule has 5 nitrogen and oxygen atoms in total. The minimum atomic E-state index is 0. The highest BCUT2D eigenvalue weighted by Crippen LogP contribution is 2.32. The van der Waals surface area contributed by atoms with E-state index in [9.17, 15) is 0 Å². The first kappa shape index (κ1) is 18.7. The Bertz CT molecular complexity index is 1050. The molecular formula is C21H20AlN3O2. The summed E-state index contributed by atoms with van der Waals surface area (Å²) in [6, 6.07) is 23.2. The van der Waals surface area contributed by atoms with Crippen LogP contribution in [-0.4, -0.2) is 27.6 Å². The molecule has 1 heterocycles. The van der Waals surface area contributed by atoms with Crippen molar-refractivity contribution in [2.75, 3.05) is 11.1 Å². The van der Waals surface area contributed by atoms with Crippen molar-refractivity contribution in [2.24, 2.45) is 0 Å². The number of hydrogen-bond acceptors (Lipinski definition) is 5. The molecule has 0 unspecified atom stereocenters. The molecule has 4 N–H and O–H groups in total. The molecule has 3 aromatic carbocycles. The first-order valence-electron chi connectivity index (χ1n) is 8.17. The molecule has 0 atom stereocenters. The second kappa shape index (κ2) is 8.11. The largest absolute Gasteiger partial charge is 0.399 e. The predicted molar refractivity (Wildman–Crippen MR) is 115 cm³/mol. The molecule has 0 aliphatic heterocycles. The number of hydrogen-bond donors (Lipinski definition) is 3. The maximum Gasteiger partial charge on any atom is 0.191 e. The molecule has 0 bridgehead atoms. The Kier molecular flexibility index (Phi) is 5.63. The van der Waals surface area contributed by atoms with E-state index >= 15 is 0 Å². The fourth-order valence-electron chi connectivity index (χ4n) is 2.91. The van der Waals surface area contributed by atoms with E-state index in [2.05, 4.69) is 27.3 Å². The van der Waals surface area contributed by atoms with Crippen LogP contribution in [0.4, 0.5) is 17.1 Å². The number of fused-ring (bicyclic) bond motifs is 1. The number of aromatic nitrogens is 1. The summed E-state index contributed by atoms with van der Waals surface area (Å²) in [5, 5.41) is 13.3. The van der Waals surface area contributed by atoms with Crippen LogP contribution in [0.3, 0.4) is 0 Å². The third kappa shape index (κ3) is 3.89. The number of nitrogens with zero attached hydrogens (tertiary/aromatic N) is 1. The molecule has 6 heteroatoms. The van der Waals surface area contributed by atoms with Gasteiger partial charge in [-0.1, -0.05) is 24.3 Å². The Morgan fingerprint density at radius 1 is 0.852 bits per heavy atom. The van der Waals surface area contributed by atoms with Gasteiger partial charge in [-0.15, -0.1) is 0 Å². The van der Waals surface area contributed by atoms with Crippen LogP contribution in [0.15, 0.2) is 79.0 Å². The van der Waals surface area contributed by atoms with Gasteiger partial charge in [0.1, 0.15) is 5.52 Å². The summed E-state index contributed by atoms with van der Waals surface area (Å²) in [4.78, 5) is 8.69. The lowest BCUT2D eigenvalue weighted by Gasteiger charge is -2.12. The van der Waals surface area contributed by atoms with Gasteiger partial charge in [0.2, 0.25) is 0 Å². The van der Waals surface area contributed by atoms with Gasteiger partial charge in [-0.05, 0) is 59.7 Å². The van der Waals surface area contributed by atoms with Crippen LogP contribution in [0.2, 0.25) is 0 Å². The van der Waals surface area contributed by atoms with E-state index in [1.807, 2.05) is 54.6 Å². The van der Waals surface area contributed by atoms with Crippen molar-refractivity contribution < 1.29 is 10.1 Å². The second-order valence-electron chi connectivity index (χ2n) is 5.93. The van der Waals surface area contributed by atoms with Crippen LogP contribution in [0.5, 0.6) is 5.75 Å². The maximum absolute atomic E-state index is 9.00. The van der Waals surface area contributed by atoms with E-state index < -0.39 is 0 Å². The van der Waals surface area contributed by atoms with Crippen LogP contribution in [0.1, 0.15) is 0 Å². The first-order chi connectivity index (χ1) is 12.7. The highest BCUT2D eigenvalue weighted by Gasteiger charge is 2.08. The molecule has 0 spiro atoms. The van der Waals surface area contributed by atoms with Gasteiger partial charge in [-0.2, -0.15) is 0 Å². The van der Waals surface area contributed by atoms with Crippen molar-refractivity contribution in [3.05, 3.63) is 79.0 Å². The quantitative estimate of drug-likeness (QED) is 0.219. The van der Waals surface area contributed by atoms with Crippen LogP contribution in [0, 0.1) is 0 Å². The number of benzene rings is 3. The molecule has 0 fully saturated rings. The number of pyridine rings is 1. The lowest BCUT2D eigenvalue weighted by molar-refractivity contribution is -0.136. The SMILES string of the molecule is Nc1ccc(-c2ccc(Nc3ccc(OO)c4ncccc34)cc2)cc1.[AlH3]. The van der Waals surface area contributed by atoms with Crippen LogP contribution >= 0.6 is 0 Å². The Hall–Kier alpha value is -3.04. The molecule has 27 heavy (non-hydrogen) atoms. The van der Waals surface area contributed by atoms with Gasteiger partial charge in [0, 0.05) is 28.6 Å². The first-order valence-corrected chi connectivity index (χ1v) is 8.17. The zero-order chi connectivity index (χ0) is 17.9. The fourth-order valence-corrected chi connectivity index (χ4v) is 2.91. The third-order valence-electron chi connectivity index (χ3n) is 4.24. The van der Waals surface area contributed by atoms with Gasteiger partial charge >= 0.3 is 0 Å². The number of rotatable bonds is 4. The van der Waals surface area contributed by atoms with Crippen molar-refractivity contribution in [3.8, 4) is 16.9 Å². The monoisotopic (exact) mass is 373 g/mol. The molecule has 134 valence electrons. The lowest BCUT2D eigenvalue weighted by Crippen LogP contribution is -1.94. The highest BCUT2D eigenvalue weighted by molar-refractivity contribution is 5.96. The number of nitrogens with one attached hydrogen (secondary N) is 1. The van der Waals surface area contributed by atoms with Gasteiger partial charge in [0.15, 0.2) is 23.1 Å². The third-order valence-corrected chi connectivity index (χ3v) is 4.24. The van der Waals surface area contributed by atoms with Crippen molar-refractivity contribution >= 4 is 45.3 Å². The summed E-state index contributed by atoms with van der Waals surface area (Å²) < 4.78 is 0.